The molecule has 2 aromatic carbocycles. The normalized spacial score (nSPS) is 11.5. The van der Waals surface area contributed by atoms with E-state index in [4.69, 9.17) is 27.9 Å². The van der Waals surface area contributed by atoms with Gasteiger partial charge in [0.2, 0.25) is 0 Å². The molecule has 0 radical (unpaired) electrons. The SMILES string of the molecule is CC(C)(CO)NCc1ccc(OCc2ccc(Cl)c(Cl)c2)cc1. The average Bonchev–Trinajstić information content (AvgIpc) is 2.55. The summed E-state index contributed by atoms with van der Waals surface area (Å²) in [6.45, 7) is 5.15. The molecule has 0 atom stereocenters. The van der Waals surface area contributed by atoms with Gasteiger partial charge in [0, 0.05) is 12.1 Å². The van der Waals surface area contributed by atoms with Crippen molar-refractivity contribution in [2.45, 2.75) is 32.5 Å². The summed E-state index contributed by atoms with van der Waals surface area (Å²) in [6.07, 6.45) is 0. The highest BCUT2D eigenvalue weighted by molar-refractivity contribution is 6.42. The van der Waals surface area contributed by atoms with Crippen molar-refractivity contribution < 1.29 is 9.84 Å². The molecule has 0 fully saturated rings. The molecular formula is C18H21Cl2NO2. The fourth-order valence-corrected chi connectivity index (χ4v) is 2.22. The molecule has 0 saturated carbocycles. The second-order valence-electron chi connectivity index (χ2n) is 6.08. The van der Waals surface area contributed by atoms with Crippen molar-refractivity contribution in [3.63, 3.8) is 0 Å². The standard InChI is InChI=1S/C18H21Cl2NO2/c1-18(2,12-22)21-10-13-3-6-15(7-4-13)23-11-14-5-8-16(19)17(20)9-14/h3-9,21-22H,10-12H2,1-2H3. The van der Waals surface area contributed by atoms with Gasteiger partial charge in [-0.1, -0.05) is 41.4 Å². The minimum Gasteiger partial charge on any atom is -0.489 e. The first-order chi connectivity index (χ1) is 10.9. The molecule has 0 unspecified atom stereocenters. The summed E-state index contributed by atoms with van der Waals surface area (Å²) in [5.41, 5.74) is 1.81. The zero-order valence-electron chi connectivity index (χ0n) is 13.3. The highest BCUT2D eigenvalue weighted by Crippen LogP contribution is 2.23. The molecular weight excluding hydrogens is 333 g/mol. The Bertz CT molecular complexity index is 642. The van der Waals surface area contributed by atoms with Crippen LogP contribution in [0.2, 0.25) is 10.0 Å². The summed E-state index contributed by atoms with van der Waals surface area (Å²) >= 11 is 11.9. The van der Waals surface area contributed by atoms with Gasteiger partial charge in [0.1, 0.15) is 12.4 Å². The van der Waals surface area contributed by atoms with E-state index in [1.807, 2.05) is 44.2 Å². The topological polar surface area (TPSA) is 41.5 Å². The summed E-state index contributed by atoms with van der Waals surface area (Å²) in [4.78, 5) is 0. The van der Waals surface area contributed by atoms with Gasteiger partial charge in [-0.05, 0) is 49.2 Å². The van der Waals surface area contributed by atoms with Crippen LogP contribution in [0.1, 0.15) is 25.0 Å². The second-order valence-corrected chi connectivity index (χ2v) is 6.89. The molecule has 0 aliphatic carbocycles. The maximum atomic E-state index is 9.23. The van der Waals surface area contributed by atoms with E-state index in [0.29, 0.717) is 23.2 Å². The Balaban J connectivity index is 1.88. The highest BCUT2D eigenvalue weighted by atomic mass is 35.5. The van der Waals surface area contributed by atoms with Crippen molar-refractivity contribution in [3.8, 4) is 5.75 Å². The first kappa shape index (κ1) is 18.1. The van der Waals surface area contributed by atoms with Crippen LogP contribution >= 0.6 is 23.2 Å². The number of ether oxygens (including phenoxy) is 1. The summed E-state index contributed by atoms with van der Waals surface area (Å²) in [5, 5.41) is 13.6. The van der Waals surface area contributed by atoms with Gasteiger partial charge in [-0.3, -0.25) is 0 Å². The molecule has 0 amide bonds. The molecule has 23 heavy (non-hydrogen) atoms. The largest absolute Gasteiger partial charge is 0.489 e. The van der Waals surface area contributed by atoms with Crippen molar-refractivity contribution in [1.29, 1.82) is 0 Å². The quantitative estimate of drug-likeness (QED) is 0.773. The molecule has 0 aliphatic heterocycles. The third-order valence-corrected chi connectivity index (χ3v) is 4.22. The summed E-state index contributed by atoms with van der Waals surface area (Å²) in [7, 11) is 0. The Morgan fingerprint density at radius 2 is 1.65 bits per heavy atom. The number of hydrogen-bond donors (Lipinski definition) is 2. The Kier molecular flexibility index (Phi) is 6.31. The summed E-state index contributed by atoms with van der Waals surface area (Å²) in [5.74, 6) is 0.793. The van der Waals surface area contributed by atoms with Crippen molar-refractivity contribution in [2.24, 2.45) is 0 Å². The monoisotopic (exact) mass is 353 g/mol. The van der Waals surface area contributed by atoms with Crippen molar-refractivity contribution in [1.82, 2.24) is 5.32 Å². The van der Waals surface area contributed by atoms with Crippen LogP contribution in [-0.4, -0.2) is 17.3 Å². The fraction of sp³-hybridized carbons (Fsp3) is 0.333. The molecule has 0 aromatic heterocycles. The van der Waals surface area contributed by atoms with Gasteiger partial charge in [0.05, 0.1) is 16.7 Å². The van der Waals surface area contributed by atoms with Crippen molar-refractivity contribution >= 4 is 23.2 Å². The molecule has 2 N–H and O–H groups in total. The van der Waals surface area contributed by atoms with Crippen LogP contribution in [-0.2, 0) is 13.2 Å². The smallest absolute Gasteiger partial charge is 0.119 e. The molecule has 0 bridgehead atoms. The second kappa shape index (κ2) is 8.02. The van der Waals surface area contributed by atoms with Gasteiger partial charge < -0.3 is 15.2 Å². The van der Waals surface area contributed by atoms with Crippen molar-refractivity contribution in [3.05, 3.63) is 63.6 Å². The Hall–Kier alpha value is -1.26. The molecule has 3 nitrogen and oxygen atoms in total. The van der Waals surface area contributed by atoms with Crippen LogP contribution in [0.4, 0.5) is 0 Å². The minimum atomic E-state index is -0.289. The lowest BCUT2D eigenvalue weighted by atomic mass is 10.1. The lowest BCUT2D eigenvalue weighted by Crippen LogP contribution is -2.42. The van der Waals surface area contributed by atoms with Gasteiger partial charge in [0.25, 0.3) is 0 Å². The van der Waals surface area contributed by atoms with Gasteiger partial charge in [-0.2, -0.15) is 0 Å². The fourth-order valence-electron chi connectivity index (χ4n) is 1.90. The Labute approximate surface area is 147 Å². The van der Waals surface area contributed by atoms with E-state index in [9.17, 15) is 5.11 Å². The van der Waals surface area contributed by atoms with Crippen LogP contribution < -0.4 is 10.1 Å². The van der Waals surface area contributed by atoms with E-state index in [1.54, 1.807) is 12.1 Å². The maximum absolute atomic E-state index is 9.23. The van der Waals surface area contributed by atoms with Gasteiger partial charge >= 0.3 is 0 Å². The Morgan fingerprint density at radius 3 is 2.26 bits per heavy atom. The minimum absolute atomic E-state index is 0.0951. The number of rotatable bonds is 7. The molecule has 0 heterocycles. The third-order valence-electron chi connectivity index (χ3n) is 3.48. The summed E-state index contributed by atoms with van der Waals surface area (Å²) < 4.78 is 5.75. The van der Waals surface area contributed by atoms with E-state index in [-0.39, 0.29) is 12.1 Å². The molecule has 0 aliphatic rings. The lowest BCUT2D eigenvalue weighted by Gasteiger charge is -2.23. The van der Waals surface area contributed by atoms with E-state index < -0.39 is 0 Å². The highest BCUT2D eigenvalue weighted by Gasteiger charge is 2.14. The van der Waals surface area contributed by atoms with Crippen LogP contribution in [0.3, 0.4) is 0 Å². The zero-order valence-corrected chi connectivity index (χ0v) is 14.8. The molecule has 0 saturated heterocycles. The van der Waals surface area contributed by atoms with Crippen molar-refractivity contribution in [2.75, 3.05) is 6.61 Å². The molecule has 2 aromatic rings. The molecule has 5 heteroatoms. The number of halogens is 2. The maximum Gasteiger partial charge on any atom is 0.119 e. The number of benzene rings is 2. The first-order valence-electron chi connectivity index (χ1n) is 7.41. The third kappa shape index (κ3) is 5.70. The van der Waals surface area contributed by atoms with E-state index in [1.165, 1.54) is 0 Å². The van der Waals surface area contributed by atoms with Gasteiger partial charge in [-0.25, -0.2) is 0 Å². The molecule has 124 valence electrons. The first-order valence-corrected chi connectivity index (χ1v) is 8.17. The van der Waals surface area contributed by atoms with Gasteiger partial charge in [-0.15, -0.1) is 0 Å². The van der Waals surface area contributed by atoms with Gasteiger partial charge in [0.15, 0.2) is 0 Å². The van der Waals surface area contributed by atoms with Crippen LogP contribution in [0.15, 0.2) is 42.5 Å². The van der Waals surface area contributed by atoms with E-state index >= 15 is 0 Å². The number of hydrogen-bond acceptors (Lipinski definition) is 3. The van der Waals surface area contributed by atoms with E-state index in [0.717, 1.165) is 16.9 Å². The predicted octanol–water partition coefficient (Wildman–Crippen LogP) is 4.43. The summed E-state index contributed by atoms with van der Waals surface area (Å²) in [6, 6.07) is 13.3. The number of nitrogens with one attached hydrogen (secondary N) is 1. The van der Waals surface area contributed by atoms with E-state index in [2.05, 4.69) is 5.32 Å². The lowest BCUT2D eigenvalue weighted by molar-refractivity contribution is 0.187. The molecule has 2 rings (SSSR count). The average molecular weight is 354 g/mol. The zero-order chi connectivity index (χ0) is 16.9. The van der Waals surface area contributed by atoms with Crippen LogP contribution in [0.5, 0.6) is 5.75 Å². The van der Waals surface area contributed by atoms with Crippen LogP contribution in [0, 0.1) is 0 Å². The molecule has 0 spiro atoms. The number of aliphatic hydroxyl groups is 1. The van der Waals surface area contributed by atoms with Crippen LogP contribution in [0.25, 0.3) is 0 Å². The predicted molar refractivity (Wildman–Crippen MR) is 95.2 cm³/mol. The Morgan fingerprint density at radius 1 is 1.00 bits per heavy atom. The number of aliphatic hydroxyl groups excluding tert-OH is 1.